The van der Waals surface area contributed by atoms with Gasteiger partial charge in [0.15, 0.2) is 0 Å². The Kier molecular flexibility index (Phi) is 4.49. The first kappa shape index (κ1) is 11.6. The first-order valence-corrected chi connectivity index (χ1v) is 4.49. The fourth-order valence-corrected chi connectivity index (χ4v) is 0.796. The maximum Gasteiger partial charge on any atom is 0.224 e. The van der Waals surface area contributed by atoms with Gasteiger partial charge in [0, 0.05) is 17.6 Å². The molecule has 0 aromatic carbocycles. The summed E-state index contributed by atoms with van der Waals surface area (Å²) in [4.78, 5) is 10.8. The van der Waals surface area contributed by atoms with Crippen molar-refractivity contribution < 1.29 is 4.79 Å². The van der Waals surface area contributed by atoms with Crippen LogP contribution in [-0.4, -0.2) is 19.0 Å². The van der Waals surface area contributed by atoms with Crippen molar-refractivity contribution in [1.29, 1.82) is 0 Å². The van der Waals surface area contributed by atoms with Crippen molar-refractivity contribution in [3.8, 4) is 0 Å². The fraction of sp³-hybridized carbons (Fsp3) is 0.625. The van der Waals surface area contributed by atoms with Gasteiger partial charge in [0.2, 0.25) is 5.91 Å². The van der Waals surface area contributed by atoms with Gasteiger partial charge >= 0.3 is 0 Å². The number of halogens is 1. The number of carbonyl (C=O) groups is 1. The average Bonchev–Trinajstić information content (AvgIpc) is 1.85. The zero-order chi connectivity index (χ0) is 9.78. The van der Waals surface area contributed by atoms with E-state index < -0.39 is 5.41 Å². The third-order valence-electron chi connectivity index (χ3n) is 1.55. The fourth-order valence-electron chi connectivity index (χ4n) is 0.598. The van der Waals surface area contributed by atoms with Crippen molar-refractivity contribution in [2.75, 3.05) is 13.1 Å². The van der Waals surface area contributed by atoms with E-state index in [1.165, 1.54) is 0 Å². The Morgan fingerprint density at radius 2 is 2.17 bits per heavy atom. The standard InChI is InChI=1S/C8H15BrN2O/c1-6(9)4-11-5-8(2,3)7(10)12/h11H,1,4-5H2,2-3H3,(H2,10,12). The predicted octanol–water partition coefficient (Wildman–Crippen LogP) is 0.996. The average molecular weight is 235 g/mol. The molecule has 0 unspecified atom stereocenters. The minimum absolute atomic E-state index is 0.296. The van der Waals surface area contributed by atoms with Crippen LogP contribution >= 0.6 is 15.9 Å². The molecule has 0 atom stereocenters. The van der Waals surface area contributed by atoms with Crippen LogP contribution in [0, 0.1) is 5.41 Å². The van der Waals surface area contributed by atoms with E-state index in [0.29, 0.717) is 13.1 Å². The Morgan fingerprint density at radius 3 is 2.50 bits per heavy atom. The molecule has 0 aromatic heterocycles. The molecule has 0 radical (unpaired) electrons. The smallest absolute Gasteiger partial charge is 0.224 e. The second-order valence-corrected chi connectivity index (χ2v) is 4.49. The summed E-state index contributed by atoms with van der Waals surface area (Å²) < 4.78 is 0.864. The molecule has 12 heavy (non-hydrogen) atoms. The van der Waals surface area contributed by atoms with Crippen LogP contribution in [0.2, 0.25) is 0 Å². The molecule has 0 saturated carbocycles. The first-order chi connectivity index (χ1) is 5.36. The molecule has 0 bridgehead atoms. The predicted molar refractivity (Wildman–Crippen MR) is 53.9 cm³/mol. The Bertz CT molecular complexity index is 189. The van der Waals surface area contributed by atoms with Crippen molar-refractivity contribution in [1.82, 2.24) is 5.32 Å². The lowest BCUT2D eigenvalue weighted by molar-refractivity contribution is -0.125. The highest BCUT2D eigenvalue weighted by atomic mass is 79.9. The molecule has 0 heterocycles. The Morgan fingerprint density at radius 1 is 1.67 bits per heavy atom. The van der Waals surface area contributed by atoms with Gasteiger partial charge in [-0.1, -0.05) is 22.5 Å². The monoisotopic (exact) mass is 234 g/mol. The van der Waals surface area contributed by atoms with Gasteiger partial charge in [-0.15, -0.1) is 0 Å². The van der Waals surface area contributed by atoms with E-state index in [9.17, 15) is 4.79 Å². The summed E-state index contributed by atoms with van der Waals surface area (Å²) >= 11 is 3.21. The van der Waals surface area contributed by atoms with E-state index in [1.807, 2.05) is 0 Å². The van der Waals surface area contributed by atoms with Gasteiger partial charge in [0.25, 0.3) is 0 Å². The minimum Gasteiger partial charge on any atom is -0.369 e. The van der Waals surface area contributed by atoms with Crippen molar-refractivity contribution in [3.05, 3.63) is 11.1 Å². The number of nitrogens with one attached hydrogen (secondary N) is 1. The minimum atomic E-state index is -0.498. The molecule has 0 aliphatic carbocycles. The zero-order valence-electron chi connectivity index (χ0n) is 7.48. The number of hydrogen-bond acceptors (Lipinski definition) is 2. The lowest BCUT2D eigenvalue weighted by atomic mass is 9.93. The molecule has 0 aromatic rings. The molecule has 0 fully saturated rings. The van der Waals surface area contributed by atoms with Gasteiger partial charge in [-0.25, -0.2) is 0 Å². The highest BCUT2D eigenvalue weighted by molar-refractivity contribution is 9.11. The highest BCUT2D eigenvalue weighted by Crippen LogP contribution is 2.12. The van der Waals surface area contributed by atoms with Gasteiger partial charge in [0.05, 0.1) is 5.41 Å². The van der Waals surface area contributed by atoms with Crippen LogP contribution in [0.15, 0.2) is 11.1 Å². The molecule has 70 valence electrons. The lowest BCUT2D eigenvalue weighted by Crippen LogP contribution is -2.40. The molecule has 0 spiro atoms. The topological polar surface area (TPSA) is 55.1 Å². The van der Waals surface area contributed by atoms with Gasteiger partial charge < -0.3 is 11.1 Å². The molecule has 3 N–H and O–H groups in total. The van der Waals surface area contributed by atoms with E-state index in [0.717, 1.165) is 4.48 Å². The summed E-state index contributed by atoms with van der Waals surface area (Å²) in [6, 6.07) is 0. The van der Waals surface area contributed by atoms with Gasteiger partial charge in [0.1, 0.15) is 0 Å². The van der Waals surface area contributed by atoms with E-state index >= 15 is 0 Å². The molecule has 0 aliphatic heterocycles. The van der Waals surface area contributed by atoms with Crippen LogP contribution in [0.25, 0.3) is 0 Å². The van der Waals surface area contributed by atoms with E-state index in [-0.39, 0.29) is 5.91 Å². The maximum absolute atomic E-state index is 10.8. The van der Waals surface area contributed by atoms with Crippen LogP contribution in [0.1, 0.15) is 13.8 Å². The lowest BCUT2D eigenvalue weighted by Gasteiger charge is -2.20. The zero-order valence-corrected chi connectivity index (χ0v) is 9.07. The van der Waals surface area contributed by atoms with Gasteiger partial charge in [-0.05, 0) is 13.8 Å². The van der Waals surface area contributed by atoms with Crippen molar-refractivity contribution in [2.24, 2.45) is 11.1 Å². The molecule has 3 nitrogen and oxygen atoms in total. The molecule has 0 saturated heterocycles. The number of amides is 1. The third-order valence-corrected chi connectivity index (χ3v) is 1.83. The summed E-state index contributed by atoms with van der Waals surface area (Å²) in [5.41, 5.74) is 4.68. The number of hydrogen-bond donors (Lipinski definition) is 2. The summed E-state index contributed by atoms with van der Waals surface area (Å²) in [6.07, 6.45) is 0. The third kappa shape index (κ3) is 4.51. The summed E-state index contributed by atoms with van der Waals surface area (Å²) in [7, 11) is 0. The van der Waals surface area contributed by atoms with Gasteiger partial charge in [-0.3, -0.25) is 4.79 Å². The largest absolute Gasteiger partial charge is 0.369 e. The van der Waals surface area contributed by atoms with Crippen molar-refractivity contribution in [2.45, 2.75) is 13.8 Å². The van der Waals surface area contributed by atoms with Crippen molar-refractivity contribution >= 4 is 21.8 Å². The maximum atomic E-state index is 10.8. The quantitative estimate of drug-likeness (QED) is 0.746. The van der Waals surface area contributed by atoms with E-state index in [1.54, 1.807) is 13.8 Å². The Balaban J connectivity index is 3.76. The Hall–Kier alpha value is -0.350. The SMILES string of the molecule is C=C(Br)CNCC(C)(C)C(N)=O. The summed E-state index contributed by atoms with van der Waals surface area (Å²) in [6.45, 7) is 8.48. The number of rotatable bonds is 5. The highest BCUT2D eigenvalue weighted by Gasteiger charge is 2.23. The second kappa shape index (κ2) is 4.62. The number of carbonyl (C=O) groups excluding carboxylic acids is 1. The number of primary amides is 1. The molecule has 0 aliphatic rings. The first-order valence-electron chi connectivity index (χ1n) is 3.70. The summed E-state index contributed by atoms with van der Waals surface area (Å²) in [5.74, 6) is -0.296. The van der Waals surface area contributed by atoms with E-state index in [4.69, 9.17) is 5.73 Å². The van der Waals surface area contributed by atoms with Crippen LogP contribution in [0.3, 0.4) is 0 Å². The Labute approximate surface area is 81.5 Å². The molecular weight excluding hydrogens is 220 g/mol. The van der Waals surface area contributed by atoms with Crippen LogP contribution in [-0.2, 0) is 4.79 Å². The molecule has 4 heteroatoms. The normalized spacial score (nSPS) is 11.2. The molecular formula is C8H15BrN2O. The van der Waals surface area contributed by atoms with Crippen LogP contribution in [0.5, 0.6) is 0 Å². The van der Waals surface area contributed by atoms with E-state index in [2.05, 4.69) is 27.8 Å². The van der Waals surface area contributed by atoms with Crippen LogP contribution in [0.4, 0.5) is 0 Å². The molecule has 0 rings (SSSR count). The van der Waals surface area contributed by atoms with Crippen LogP contribution < -0.4 is 11.1 Å². The van der Waals surface area contributed by atoms with Crippen molar-refractivity contribution in [3.63, 3.8) is 0 Å². The summed E-state index contributed by atoms with van der Waals surface area (Å²) in [5, 5.41) is 3.06. The molecule has 1 amide bonds. The second-order valence-electron chi connectivity index (χ2n) is 3.37. The van der Waals surface area contributed by atoms with Gasteiger partial charge in [-0.2, -0.15) is 0 Å². The number of nitrogens with two attached hydrogens (primary N) is 1.